The number of ketones is 2. The second-order valence-electron chi connectivity index (χ2n) is 8.17. The van der Waals surface area contributed by atoms with E-state index in [1.165, 1.54) is 0 Å². The largest absolute Gasteiger partial charge is 0.322 e. The highest BCUT2D eigenvalue weighted by Crippen LogP contribution is 2.29. The van der Waals surface area contributed by atoms with E-state index >= 15 is 0 Å². The fourth-order valence-corrected chi connectivity index (χ4v) is 3.59. The molecule has 0 radical (unpaired) electrons. The van der Waals surface area contributed by atoms with Crippen molar-refractivity contribution in [1.82, 2.24) is 0 Å². The van der Waals surface area contributed by atoms with E-state index in [1.54, 1.807) is 10.6 Å². The van der Waals surface area contributed by atoms with Crippen molar-refractivity contribution in [2.24, 2.45) is 0 Å². The topological polar surface area (TPSA) is 92.3 Å². The third kappa shape index (κ3) is 5.51. The van der Waals surface area contributed by atoms with E-state index in [1.807, 2.05) is 0 Å². The van der Waals surface area contributed by atoms with Gasteiger partial charge in [-0.25, -0.2) is 39.5 Å². The van der Waals surface area contributed by atoms with Crippen LogP contribution >= 0.6 is 0 Å². The van der Waals surface area contributed by atoms with Gasteiger partial charge in [0, 0.05) is 18.5 Å². The Balaban J connectivity index is 2.01. The quantitative estimate of drug-likeness (QED) is 0.133. The summed E-state index contributed by atoms with van der Waals surface area (Å²) in [5.41, 5.74) is -8.18. The van der Waals surface area contributed by atoms with Crippen molar-refractivity contribution in [1.29, 1.82) is 0 Å². The standard InChI is InChI=1S/C26H15F9N2O4/c1-3-11(38)13-17(28)15(21(32)23(34)19(13)30)25(40)36-8-5-6-9(27)10(7-8)37-26(41)16-18(29)14(12(39)4-2)20(31)24(35)22(16)33/h5-7H,3-4H2,1-2H3,(H,36,40)(H,37,41). The summed E-state index contributed by atoms with van der Waals surface area (Å²) < 4.78 is 128. The molecule has 3 aromatic carbocycles. The minimum absolute atomic E-state index is 0.527. The second kappa shape index (κ2) is 11.8. The molecule has 0 unspecified atom stereocenters. The van der Waals surface area contributed by atoms with E-state index in [-0.39, 0.29) is 0 Å². The zero-order valence-electron chi connectivity index (χ0n) is 20.7. The molecule has 0 aliphatic heterocycles. The Hall–Kier alpha value is -4.69. The molecular formula is C26H15F9N2O4. The number of Topliss-reactive ketones (excluding diaryl/α,β-unsaturated/α-hetero) is 2. The average molecular weight is 590 g/mol. The van der Waals surface area contributed by atoms with Gasteiger partial charge in [-0.05, 0) is 18.2 Å². The first-order valence-electron chi connectivity index (χ1n) is 11.4. The third-order valence-electron chi connectivity index (χ3n) is 5.65. The maximum atomic E-state index is 14.7. The SMILES string of the molecule is CCC(=O)c1c(F)c(F)c(F)c(C(=O)Nc2ccc(F)c(NC(=O)c3c(F)c(F)c(F)c(C(=O)CC)c3F)c2)c1F. The van der Waals surface area contributed by atoms with Gasteiger partial charge in [0.25, 0.3) is 11.8 Å². The molecule has 15 heteroatoms. The number of benzene rings is 3. The highest BCUT2D eigenvalue weighted by molar-refractivity contribution is 6.09. The van der Waals surface area contributed by atoms with Crippen LogP contribution < -0.4 is 10.6 Å². The van der Waals surface area contributed by atoms with Crippen LogP contribution in [0.5, 0.6) is 0 Å². The Kier molecular flexibility index (Phi) is 8.89. The van der Waals surface area contributed by atoms with Gasteiger partial charge in [0.1, 0.15) is 16.9 Å². The van der Waals surface area contributed by atoms with Gasteiger partial charge in [-0.1, -0.05) is 13.8 Å². The number of hydrogen-bond acceptors (Lipinski definition) is 4. The van der Waals surface area contributed by atoms with Crippen LogP contribution in [0.1, 0.15) is 68.1 Å². The fourth-order valence-electron chi connectivity index (χ4n) is 3.59. The number of hydrogen-bond donors (Lipinski definition) is 2. The lowest BCUT2D eigenvalue weighted by Gasteiger charge is -2.14. The summed E-state index contributed by atoms with van der Waals surface area (Å²) in [6, 6.07) is 1.80. The summed E-state index contributed by atoms with van der Waals surface area (Å²) >= 11 is 0. The van der Waals surface area contributed by atoms with Gasteiger partial charge >= 0.3 is 0 Å². The maximum absolute atomic E-state index is 14.7. The summed E-state index contributed by atoms with van der Waals surface area (Å²) in [6.07, 6.45) is -1.11. The first-order valence-corrected chi connectivity index (χ1v) is 11.4. The highest BCUT2D eigenvalue weighted by Gasteiger charge is 2.33. The summed E-state index contributed by atoms with van der Waals surface area (Å²) in [4.78, 5) is 48.7. The number of carbonyl (C=O) groups is 4. The predicted octanol–water partition coefficient (Wildman–Crippen LogP) is 6.63. The molecular weight excluding hydrogens is 575 g/mol. The Morgan fingerprint density at radius 2 is 0.927 bits per heavy atom. The normalized spacial score (nSPS) is 10.9. The van der Waals surface area contributed by atoms with Crippen molar-refractivity contribution in [3.05, 3.63) is 92.8 Å². The zero-order valence-corrected chi connectivity index (χ0v) is 20.7. The molecule has 0 bridgehead atoms. The minimum Gasteiger partial charge on any atom is -0.322 e. The molecule has 6 nitrogen and oxygen atoms in total. The molecule has 0 aliphatic rings. The summed E-state index contributed by atoms with van der Waals surface area (Å²) in [5.74, 6) is -25.5. The molecule has 0 aliphatic carbocycles. The molecule has 2 N–H and O–H groups in total. The van der Waals surface area contributed by atoms with Gasteiger partial charge in [0.15, 0.2) is 58.1 Å². The van der Waals surface area contributed by atoms with Gasteiger partial charge in [-0.2, -0.15) is 0 Å². The maximum Gasteiger partial charge on any atom is 0.261 e. The predicted molar refractivity (Wildman–Crippen MR) is 124 cm³/mol. The molecule has 0 spiro atoms. The number of nitrogens with one attached hydrogen (secondary N) is 2. The number of carbonyl (C=O) groups excluding carboxylic acids is 4. The number of halogens is 9. The van der Waals surface area contributed by atoms with Crippen molar-refractivity contribution in [3.8, 4) is 0 Å². The van der Waals surface area contributed by atoms with E-state index in [9.17, 15) is 58.7 Å². The van der Waals surface area contributed by atoms with Crippen LogP contribution in [0.4, 0.5) is 50.9 Å². The lowest BCUT2D eigenvalue weighted by molar-refractivity contribution is 0.0965. The van der Waals surface area contributed by atoms with Crippen molar-refractivity contribution >= 4 is 34.8 Å². The van der Waals surface area contributed by atoms with E-state index < -0.39 is 122 Å². The molecule has 0 saturated carbocycles. The van der Waals surface area contributed by atoms with Gasteiger partial charge in [-0.3, -0.25) is 19.2 Å². The van der Waals surface area contributed by atoms with Crippen molar-refractivity contribution in [2.45, 2.75) is 26.7 Å². The third-order valence-corrected chi connectivity index (χ3v) is 5.65. The molecule has 0 fully saturated rings. The molecule has 0 aromatic heterocycles. The second-order valence-corrected chi connectivity index (χ2v) is 8.17. The van der Waals surface area contributed by atoms with E-state index in [2.05, 4.69) is 0 Å². The van der Waals surface area contributed by atoms with Crippen LogP contribution in [0.3, 0.4) is 0 Å². The van der Waals surface area contributed by atoms with Crippen LogP contribution in [0, 0.1) is 52.4 Å². The van der Waals surface area contributed by atoms with Crippen molar-refractivity contribution < 1.29 is 58.7 Å². The van der Waals surface area contributed by atoms with Crippen LogP contribution in [0.2, 0.25) is 0 Å². The first kappa shape index (κ1) is 30.8. The van der Waals surface area contributed by atoms with Crippen LogP contribution in [0.15, 0.2) is 18.2 Å². The minimum atomic E-state index is -2.37. The highest BCUT2D eigenvalue weighted by atomic mass is 19.2. The average Bonchev–Trinajstić information content (AvgIpc) is 2.92. The number of rotatable bonds is 8. The summed E-state index contributed by atoms with van der Waals surface area (Å²) in [7, 11) is 0. The Morgan fingerprint density at radius 3 is 1.34 bits per heavy atom. The Bertz CT molecular complexity index is 1640. The monoisotopic (exact) mass is 590 g/mol. The number of anilines is 2. The molecule has 3 rings (SSSR count). The van der Waals surface area contributed by atoms with Crippen LogP contribution in [-0.2, 0) is 0 Å². The first-order chi connectivity index (χ1) is 19.2. The van der Waals surface area contributed by atoms with Crippen LogP contribution in [-0.4, -0.2) is 23.4 Å². The van der Waals surface area contributed by atoms with Crippen LogP contribution in [0.25, 0.3) is 0 Å². The zero-order chi connectivity index (χ0) is 30.9. The smallest absolute Gasteiger partial charge is 0.261 e. The van der Waals surface area contributed by atoms with Crippen molar-refractivity contribution in [2.75, 3.05) is 10.6 Å². The fraction of sp³-hybridized carbons (Fsp3) is 0.154. The Morgan fingerprint density at radius 1 is 0.537 bits per heavy atom. The lowest BCUT2D eigenvalue weighted by atomic mass is 10.0. The summed E-state index contributed by atoms with van der Waals surface area (Å²) in [5, 5.41) is 3.40. The summed E-state index contributed by atoms with van der Waals surface area (Å²) in [6.45, 7) is 2.29. The van der Waals surface area contributed by atoms with Gasteiger partial charge in [0.2, 0.25) is 0 Å². The van der Waals surface area contributed by atoms with Gasteiger partial charge < -0.3 is 10.6 Å². The van der Waals surface area contributed by atoms with E-state index in [0.29, 0.717) is 12.1 Å². The molecule has 3 aromatic rings. The van der Waals surface area contributed by atoms with Gasteiger partial charge in [0.05, 0.1) is 16.8 Å². The molecule has 0 atom stereocenters. The molecule has 0 saturated heterocycles. The van der Waals surface area contributed by atoms with Crippen molar-refractivity contribution in [3.63, 3.8) is 0 Å². The Labute approximate surface area is 224 Å². The van der Waals surface area contributed by atoms with E-state index in [0.717, 1.165) is 19.9 Å². The van der Waals surface area contributed by atoms with E-state index in [4.69, 9.17) is 0 Å². The van der Waals surface area contributed by atoms with Gasteiger partial charge in [-0.15, -0.1) is 0 Å². The molecule has 2 amide bonds. The molecule has 0 heterocycles. The number of amides is 2. The lowest BCUT2D eigenvalue weighted by Crippen LogP contribution is -2.22. The molecule has 41 heavy (non-hydrogen) atoms. The molecule has 216 valence electrons.